The summed E-state index contributed by atoms with van der Waals surface area (Å²) in [6.45, 7) is 8.35. The molecule has 0 atom stereocenters. The zero-order valence-corrected chi connectivity index (χ0v) is 6.57. The molecule has 0 aliphatic rings. The van der Waals surface area contributed by atoms with Gasteiger partial charge in [-0.3, -0.25) is 0 Å². The number of halogens is 1. The van der Waals surface area contributed by atoms with E-state index in [1.54, 1.807) is 6.92 Å². The minimum atomic E-state index is -0.443. The number of rotatable bonds is 3. The number of esters is 1. The van der Waals surface area contributed by atoms with Crippen LogP contribution in [0.2, 0.25) is 0 Å². The van der Waals surface area contributed by atoms with E-state index in [0.717, 1.165) is 0 Å². The molecule has 2 nitrogen and oxygen atoms in total. The van der Waals surface area contributed by atoms with Gasteiger partial charge in [-0.05, 0) is 6.92 Å². The normalized spacial score (nSPS) is 8.60. The van der Waals surface area contributed by atoms with Gasteiger partial charge in [0, 0.05) is 10.6 Å². The number of hydrogen-bond acceptors (Lipinski definition) is 2. The van der Waals surface area contributed by atoms with Crippen LogP contribution in [0.25, 0.3) is 0 Å². The molecule has 0 aromatic carbocycles. The lowest BCUT2D eigenvalue weighted by Gasteiger charge is -2.00. The molecule has 0 saturated heterocycles. The third kappa shape index (κ3) is 4.15. The predicted octanol–water partition coefficient (Wildman–Crippen LogP) is 1.86. The molecule has 0 fully saturated rings. The van der Waals surface area contributed by atoms with Crippen LogP contribution < -0.4 is 0 Å². The molecule has 0 N–H and O–H groups in total. The second-order valence-electron chi connectivity index (χ2n) is 1.87. The molecule has 56 valence electrons. The van der Waals surface area contributed by atoms with Crippen LogP contribution in [0.15, 0.2) is 23.8 Å². The van der Waals surface area contributed by atoms with Crippen molar-refractivity contribution in [3.05, 3.63) is 23.8 Å². The quantitative estimate of drug-likeness (QED) is 0.465. The largest absolute Gasteiger partial charge is 0.457 e. The lowest BCUT2D eigenvalue weighted by atomic mass is 10.4. The van der Waals surface area contributed by atoms with E-state index >= 15 is 0 Å². The van der Waals surface area contributed by atoms with Gasteiger partial charge >= 0.3 is 5.97 Å². The van der Waals surface area contributed by atoms with Crippen LogP contribution in [0.3, 0.4) is 0 Å². The van der Waals surface area contributed by atoms with Gasteiger partial charge < -0.3 is 4.74 Å². The monoisotopic (exact) mass is 160 g/mol. The second kappa shape index (κ2) is 4.12. The van der Waals surface area contributed by atoms with E-state index in [0.29, 0.717) is 10.6 Å². The Kier molecular flexibility index (Phi) is 3.81. The first-order valence-electron chi connectivity index (χ1n) is 2.70. The fourth-order valence-electron chi connectivity index (χ4n) is 0.267. The minimum Gasteiger partial charge on any atom is -0.457 e. The van der Waals surface area contributed by atoms with Crippen LogP contribution in [0, 0.1) is 0 Å². The highest BCUT2D eigenvalue weighted by molar-refractivity contribution is 6.29. The van der Waals surface area contributed by atoms with Gasteiger partial charge in [0.05, 0.1) is 0 Å². The standard InChI is InChI=1S/C7H9ClO2/c1-5(2)7(9)10-4-6(3)8/h1,3-4H2,2H3. The van der Waals surface area contributed by atoms with Gasteiger partial charge in [0.2, 0.25) is 0 Å². The maximum absolute atomic E-state index is 10.6. The van der Waals surface area contributed by atoms with Crippen LogP contribution in [0.4, 0.5) is 0 Å². The molecular formula is C7H9ClO2. The van der Waals surface area contributed by atoms with Crippen molar-refractivity contribution in [2.45, 2.75) is 6.92 Å². The molecular weight excluding hydrogens is 152 g/mol. The molecule has 0 amide bonds. The van der Waals surface area contributed by atoms with E-state index in [4.69, 9.17) is 11.6 Å². The maximum Gasteiger partial charge on any atom is 0.333 e. The lowest BCUT2D eigenvalue weighted by Crippen LogP contribution is -2.05. The molecule has 3 heteroatoms. The Labute approximate surface area is 65.1 Å². The van der Waals surface area contributed by atoms with Gasteiger partial charge in [-0.15, -0.1) is 0 Å². The van der Waals surface area contributed by atoms with Crippen molar-refractivity contribution in [2.24, 2.45) is 0 Å². The summed E-state index contributed by atoms with van der Waals surface area (Å²) < 4.78 is 4.59. The summed E-state index contributed by atoms with van der Waals surface area (Å²) in [7, 11) is 0. The average molecular weight is 161 g/mol. The van der Waals surface area contributed by atoms with Gasteiger partial charge in [0.1, 0.15) is 6.61 Å². The van der Waals surface area contributed by atoms with E-state index < -0.39 is 5.97 Å². The summed E-state index contributed by atoms with van der Waals surface area (Å²) in [6, 6.07) is 0. The zero-order chi connectivity index (χ0) is 8.15. The Balaban J connectivity index is 3.60. The van der Waals surface area contributed by atoms with Crippen LogP contribution >= 0.6 is 11.6 Å². The van der Waals surface area contributed by atoms with E-state index in [-0.39, 0.29) is 6.61 Å². The van der Waals surface area contributed by atoms with Crippen molar-refractivity contribution in [1.29, 1.82) is 0 Å². The summed E-state index contributed by atoms with van der Waals surface area (Å²) in [6.07, 6.45) is 0. The Hall–Kier alpha value is -0.760. The van der Waals surface area contributed by atoms with Crippen molar-refractivity contribution in [3.63, 3.8) is 0 Å². The predicted molar refractivity (Wildman–Crippen MR) is 40.8 cm³/mol. The molecule has 0 spiro atoms. The summed E-state index contributed by atoms with van der Waals surface area (Å²) in [5.74, 6) is -0.443. The van der Waals surface area contributed by atoms with E-state index in [1.165, 1.54) is 0 Å². The molecule has 0 heterocycles. The highest BCUT2D eigenvalue weighted by Gasteiger charge is 2.01. The minimum absolute atomic E-state index is 0.0489. The van der Waals surface area contributed by atoms with E-state index in [1.807, 2.05) is 0 Å². The maximum atomic E-state index is 10.6. The fraction of sp³-hybridized carbons (Fsp3) is 0.286. The van der Waals surface area contributed by atoms with Gasteiger partial charge in [-0.1, -0.05) is 24.8 Å². The van der Waals surface area contributed by atoms with Crippen molar-refractivity contribution in [1.82, 2.24) is 0 Å². The second-order valence-corrected chi connectivity index (χ2v) is 2.41. The molecule has 0 bridgehead atoms. The Morgan fingerprint density at radius 1 is 1.60 bits per heavy atom. The Morgan fingerprint density at radius 2 is 2.10 bits per heavy atom. The van der Waals surface area contributed by atoms with Gasteiger partial charge in [-0.25, -0.2) is 4.79 Å². The molecule has 0 saturated carbocycles. The van der Waals surface area contributed by atoms with Gasteiger partial charge in [0.25, 0.3) is 0 Å². The highest BCUT2D eigenvalue weighted by atomic mass is 35.5. The number of carbonyl (C=O) groups excluding carboxylic acids is 1. The number of carbonyl (C=O) groups is 1. The smallest absolute Gasteiger partial charge is 0.333 e. The fourth-order valence-corrected chi connectivity index (χ4v) is 0.322. The summed E-state index contributed by atoms with van der Waals surface area (Å²) >= 11 is 5.33. The topological polar surface area (TPSA) is 26.3 Å². The Bertz CT molecular complexity index is 172. The SMILES string of the molecule is C=C(Cl)COC(=O)C(=C)C. The van der Waals surface area contributed by atoms with Crippen molar-refractivity contribution >= 4 is 17.6 Å². The third-order valence-electron chi connectivity index (χ3n) is 0.708. The lowest BCUT2D eigenvalue weighted by molar-refractivity contribution is -0.137. The summed E-state index contributed by atoms with van der Waals surface area (Å²) in [5, 5.41) is 0.301. The van der Waals surface area contributed by atoms with Crippen LogP contribution in [-0.4, -0.2) is 12.6 Å². The number of ether oxygens (including phenoxy) is 1. The van der Waals surface area contributed by atoms with Gasteiger partial charge in [-0.2, -0.15) is 0 Å². The molecule has 0 aliphatic carbocycles. The molecule has 0 aromatic heterocycles. The first kappa shape index (κ1) is 9.24. The van der Waals surface area contributed by atoms with Crippen molar-refractivity contribution in [2.75, 3.05) is 6.61 Å². The summed E-state index contributed by atoms with van der Waals surface area (Å²) in [5.41, 5.74) is 0.359. The molecule has 0 radical (unpaired) electrons. The summed E-state index contributed by atoms with van der Waals surface area (Å²) in [4.78, 5) is 10.6. The van der Waals surface area contributed by atoms with Gasteiger partial charge in [0.15, 0.2) is 0 Å². The van der Waals surface area contributed by atoms with Crippen molar-refractivity contribution < 1.29 is 9.53 Å². The molecule has 0 unspecified atom stereocenters. The molecule has 0 aliphatic heterocycles. The Morgan fingerprint density at radius 3 is 2.40 bits per heavy atom. The van der Waals surface area contributed by atoms with Crippen LogP contribution in [0.5, 0.6) is 0 Å². The van der Waals surface area contributed by atoms with E-state index in [9.17, 15) is 4.79 Å². The van der Waals surface area contributed by atoms with Crippen molar-refractivity contribution in [3.8, 4) is 0 Å². The van der Waals surface area contributed by atoms with Crippen LogP contribution in [-0.2, 0) is 9.53 Å². The third-order valence-corrected chi connectivity index (χ3v) is 0.817. The molecule has 0 aromatic rings. The first-order valence-corrected chi connectivity index (χ1v) is 3.07. The number of hydrogen-bond donors (Lipinski definition) is 0. The molecule has 10 heavy (non-hydrogen) atoms. The average Bonchev–Trinajstić information content (AvgIpc) is 1.82. The zero-order valence-electron chi connectivity index (χ0n) is 5.82. The first-order chi connectivity index (χ1) is 4.54. The van der Waals surface area contributed by atoms with Crippen LogP contribution in [0.1, 0.15) is 6.92 Å². The highest BCUT2D eigenvalue weighted by Crippen LogP contribution is 1.99. The molecule has 0 rings (SSSR count). The van der Waals surface area contributed by atoms with E-state index in [2.05, 4.69) is 17.9 Å².